The molecule has 0 aliphatic rings. The van der Waals surface area contributed by atoms with Crippen molar-refractivity contribution >= 4 is 28.4 Å². The van der Waals surface area contributed by atoms with E-state index in [4.69, 9.17) is 16.0 Å². The molecule has 22 heavy (non-hydrogen) atoms. The van der Waals surface area contributed by atoms with Crippen LogP contribution in [-0.4, -0.2) is 21.1 Å². The molecule has 3 aromatic rings. The van der Waals surface area contributed by atoms with Crippen molar-refractivity contribution in [3.05, 3.63) is 52.2 Å². The van der Waals surface area contributed by atoms with Crippen LogP contribution in [-0.2, 0) is 0 Å². The summed E-state index contributed by atoms with van der Waals surface area (Å²) in [6.45, 7) is 1.87. The van der Waals surface area contributed by atoms with Crippen molar-refractivity contribution in [1.29, 1.82) is 0 Å². The summed E-state index contributed by atoms with van der Waals surface area (Å²) in [5, 5.41) is 29.4. The van der Waals surface area contributed by atoms with Gasteiger partial charge in [-0.25, -0.2) is 0 Å². The van der Waals surface area contributed by atoms with Crippen molar-refractivity contribution in [2.24, 2.45) is 0 Å². The van der Waals surface area contributed by atoms with Crippen LogP contribution >= 0.6 is 11.6 Å². The number of phenolic OH excluding ortho intramolecular Hbond substituents is 3. The Morgan fingerprint density at radius 3 is 2.32 bits per heavy atom. The first-order chi connectivity index (χ1) is 10.4. The first-order valence-corrected chi connectivity index (χ1v) is 6.74. The van der Waals surface area contributed by atoms with Crippen molar-refractivity contribution in [3.63, 3.8) is 0 Å². The summed E-state index contributed by atoms with van der Waals surface area (Å²) in [5.41, 5.74) is 1.31. The Kier molecular flexibility index (Phi) is 3.22. The highest BCUT2D eigenvalue weighted by atomic mass is 35.5. The number of benzene rings is 2. The van der Waals surface area contributed by atoms with Gasteiger partial charge in [-0.15, -0.1) is 0 Å². The molecule has 0 saturated carbocycles. The first-order valence-electron chi connectivity index (χ1n) is 6.36. The zero-order valence-electron chi connectivity index (χ0n) is 11.4. The molecule has 2 aromatic carbocycles. The molecule has 0 atom stereocenters. The van der Waals surface area contributed by atoms with E-state index in [1.165, 1.54) is 6.07 Å². The lowest BCUT2D eigenvalue weighted by atomic mass is 10.1. The number of aryl methyl sites for hydroxylation is 1. The highest BCUT2D eigenvalue weighted by molar-refractivity contribution is 6.35. The zero-order valence-corrected chi connectivity index (χ0v) is 12.2. The second-order valence-electron chi connectivity index (χ2n) is 4.97. The normalized spacial score (nSPS) is 11.0. The molecule has 0 spiro atoms. The van der Waals surface area contributed by atoms with E-state index < -0.39 is 23.0 Å². The highest BCUT2D eigenvalue weighted by Crippen LogP contribution is 2.36. The summed E-state index contributed by atoms with van der Waals surface area (Å²) in [4.78, 5) is 12.4. The first kappa shape index (κ1) is 14.3. The van der Waals surface area contributed by atoms with E-state index in [1.54, 1.807) is 6.07 Å². The van der Waals surface area contributed by atoms with Gasteiger partial charge in [0.1, 0.15) is 0 Å². The Labute approximate surface area is 130 Å². The van der Waals surface area contributed by atoms with Crippen LogP contribution in [0.15, 0.2) is 34.7 Å². The summed E-state index contributed by atoms with van der Waals surface area (Å²) >= 11 is 6.08. The number of carbonyl (C=O) groups is 1. The average Bonchev–Trinajstić information content (AvgIpc) is 2.87. The Morgan fingerprint density at radius 1 is 1.05 bits per heavy atom. The van der Waals surface area contributed by atoms with Gasteiger partial charge < -0.3 is 19.7 Å². The van der Waals surface area contributed by atoms with Gasteiger partial charge in [-0.2, -0.15) is 0 Å². The zero-order chi connectivity index (χ0) is 16.0. The van der Waals surface area contributed by atoms with E-state index in [9.17, 15) is 20.1 Å². The Bertz CT molecular complexity index is 887. The lowest BCUT2D eigenvalue weighted by Gasteiger charge is -2.03. The number of hydrogen-bond donors (Lipinski definition) is 3. The third-order valence-corrected chi connectivity index (χ3v) is 3.55. The van der Waals surface area contributed by atoms with Crippen LogP contribution in [0.3, 0.4) is 0 Å². The average molecular weight is 319 g/mol. The van der Waals surface area contributed by atoms with Crippen molar-refractivity contribution < 1.29 is 24.5 Å². The molecule has 0 amide bonds. The van der Waals surface area contributed by atoms with Gasteiger partial charge in [-0.05, 0) is 42.8 Å². The van der Waals surface area contributed by atoms with Crippen LogP contribution < -0.4 is 0 Å². The molecule has 0 fully saturated rings. The fourth-order valence-electron chi connectivity index (χ4n) is 2.24. The number of phenols is 3. The number of furan rings is 1. The third-order valence-electron chi connectivity index (χ3n) is 3.27. The van der Waals surface area contributed by atoms with Crippen molar-refractivity contribution in [3.8, 4) is 17.2 Å². The standard InChI is InChI=1S/C16H11ClO5/c1-7-2-9-6-13(22-16(9)10(17)3-7)14(20)8-4-11(18)15(21)12(19)5-8/h2-6,18-19,21H,1H3. The molecule has 0 aliphatic carbocycles. The van der Waals surface area contributed by atoms with E-state index in [1.807, 2.05) is 13.0 Å². The Morgan fingerprint density at radius 2 is 1.68 bits per heavy atom. The van der Waals surface area contributed by atoms with Crippen molar-refractivity contribution in [2.45, 2.75) is 6.92 Å². The van der Waals surface area contributed by atoms with Gasteiger partial charge in [0.25, 0.3) is 0 Å². The number of aromatic hydroxyl groups is 3. The minimum Gasteiger partial charge on any atom is -0.504 e. The maximum absolute atomic E-state index is 12.4. The van der Waals surface area contributed by atoms with E-state index in [0.717, 1.165) is 17.7 Å². The quantitative estimate of drug-likeness (QED) is 0.494. The summed E-state index contributed by atoms with van der Waals surface area (Å²) in [7, 11) is 0. The molecule has 112 valence electrons. The van der Waals surface area contributed by atoms with Crippen LogP contribution in [0.25, 0.3) is 11.0 Å². The molecule has 0 aliphatic heterocycles. The minimum absolute atomic E-state index is 0.0142. The third kappa shape index (κ3) is 2.25. The monoisotopic (exact) mass is 318 g/mol. The largest absolute Gasteiger partial charge is 0.504 e. The minimum atomic E-state index is -0.681. The van der Waals surface area contributed by atoms with Gasteiger partial charge in [0, 0.05) is 10.9 Å². The van der Waals surface area contributed by atoms with E-state index in [2.05, 4.69) is 0 Å². The lowest BCUT2D eigenvalue weighted by Crippen LogP contribution is -1.99. The smallest absolute Gasteiger partial charge is 0.228 e. The maximum Gasteiger partial charge on any atom is 0.228 e. The Hall–Kier alpha value is -2.66. The second-order valence-corrected chi connectivity index (χ2v) is 5.38. The molecular weight excluding hydrogens is 308 g/mol. The fourth-order valence-corrected chi connectivity index (χ4v) is 2.56. The number of hydrogen-bond acceptors (Lipinski definition) is 5. The molecule has 0 saturated heterocycles. The number of fused-ring (bicyclic) bond motifs is 1. The van der Waals surface area contributed by atoms with Crippen LogP contribution in [0.1, 0.15) is 21.7 Å². The molecule has 1 heterocycles. The predicted octanol–water partition coefficient (Wildman–Crippen LogP) is 3.74. The van der Waals surface area contributed by atoms with Crippen LogP contribution in [0.2, 0.25) is 5.02 Å². The van der Waals surface area contributed by atoms with Crippen molar-refractivity contribution in [1.82, 2.24) is 0 Å². The molecule has 0 unspecified atom stereocenters. The van der Waals surface area contributed by atoms with Gasteiger partial charge in [-0.3, -0.25) is 4.79 Å². The summed E-state index contributed by atoms with van der Waals surface area (Å²) in [6, 6.07) is 7.19. The second kappa shape index (κ2) is 4.96. The molecule has 0 bridgehead atoms. The molecule has 1 aromatic heterocycles. The van der Waals surface area contributed by atoms with Gasteiger partial charge in [0.2, 0.25) is 5.78 Å². The summed E-state index contributed by atoms with van der Waals surface area (Å²) in [5.74, 6) is -2.39. The van der Waals surface area contributed by atoms with Gasteiger partial charge in [0.05, 0.1) is 5.02 Å². The highest BCUT2D eigenvalue weighted by Gasteiger charge is 2.19. The summed E-state index contributed by atoms with van der Waals surface area (Å²) in [6.07, 6.45) is 0. The summed E-state index contributed by atoms with van der Waals surface area (Å²) < 4.78 is 5.47. The number of carbonyl (C=O) groups excluding carboxylic acids is 1. The van der Waals surface area contributed by atoms with E-state index in [-0.39, 0.29) is 11.3 Å². The topological polar surface area (TPSA) is 90.9 Å². The van der Waals surface area contributed by atoms with Gasteiger partial charge in [0.15, 0.2) is 28.6 Å². The van der Waals surface area contributed by atoms with E-state index in [0.29, 0.717) is 16.0 Å². The molecule has 0 radical (unpaired) electrons. The number of rotatable bonds is 2. The maximum atomic E-state index is 12.4. The molecule has 6 heteroatoms. The van der Waals surface area contributed by atoms with Crippen LogP contribution in [0.5, 0.6) is 17.2 Å². The van der Waals surface area contributed by atoms with Crippen LogP contribution in [0.4, 0.5) is 0 Å². The fraction of sp³-hybridized carbons (Fsp3) is 0.0625. The van der Waals surface area contributed by atoms with Crippen molar-refractivity contribution in [2.75, 3.05) is 0 Å². The lowest BCUT2D eigenvalue weighted by molar-refractivity contribution is 0.101. The van der Waals surface area contributed by atoms with Gasteiger partial charge in [-0.1, -0.05) is 11.6 Å². The van der Waals surface area contributed by atoms with Crippen LogP contribution in [0, 0.1) is 6.92 Å². The number of ketones is 1. The Balaban J connectivity index is 2.11. The van der Waals surface area contributed by atoms with E-state index >= 15 is 0 Å². The SMILES string of the molecule is Cc1cc(Cl)c2oc(C(=O)c3cc(O)c(O)c(O)c3)cc2c1. The molecule has 3 N–H and O–H groups in total. The molecule has 5 nitrogen and oxygen atoms in total. The number of halogens is 1. The molecular formula is C16H11ClO5. The molecule has 3 rings (SSSR count). The predicted molar refractivity (Wildman–Crippen MR) is 80.8 cm³/mol. The van der Waals surface area contributed by atoms with Gasteiger partial charge >= 0.3 is 0 Å².